The lowest BCUT2D eigenvalue weighted by atomic mass is 10.2. The summed E-state index contributed by atoms with van der Waals surface area (Å²) in [7, 11) is 0. The zero-order chi connectivity index (χ0) is 7.11. The molecule has 0 aliphatic heterocycles. The van der Waals surface area contributed by atoms with E-state index in [0.29, 0.717) is 12.6 Å². The van der Waals surface area contributed by atoms with Gasteiger partial charge in [-0.3, -0.25) is 0 Å². The molecule has 0 aromatic carbocycles. The third-order valence-corrected chi connectivity index (χ3v) is 1.51. The van der Waals surface area contributed by atoms with Crippen molar-refractivity contribution in [2.75, 3.05) is 13.2 Å². The molecule has 0 aliphatic rings. The summed E-state index contributed by atoms with van der Waals surface area (Å²) in [6.07, 6.45) is 2.19. The van der Waals surface area contributed by atoms with Gasteiger partial charge in [0.05, 0.1) is 0 Å². The van der Waals surface area contributed by atoms with Crippen LogP contribution in [0.4, 0.5) is 4.39 Å². The molecule has 0 rings (SSSR count). The maximum absolute atomic E-state index is 11.6. The Morgan fingerprint density at radius 1 is 1.33 bits per heavy atom. The molecule has 0 heterocycles. The zero-order valence-electron chi connectivity index (χ0n) is 6.28. The average Bonchev–Trinajstić information content (AvgIpc) is 1.91. The van der Waals surface area contributed by atoms with Crippen molar-refractivity contribution >= 4 is 0 Å². The predicted molar refractivity (Wildman–Crippen MR) is 38.3 cm³/mol. The van der Waals surface area contributed by atoms with Crippen molar-refractivity contribution in [3.8, 4) is 0 Å². The molecule has 1 N–H and O–H groups in total. The first-order valence-corrected chi connectivity index (χ1v) is 3.64. The van der Waals surface area contributed by atoms with Crippen LogP contribution in [0.15, 0.2) is 0 Å². The van der Waals surface area contributed by atoms with Crippen LogP contribution in [0, 0.1) is 0 Å². The highest BCUT2D eigenvalue weighted by molar-refractivity contribution is 4.60. The predicted octanol–water partition coefficient (Wildman–Crippen LogP) is 1.73. The minimum atomic E-state index is -0.253. The van der Waals surface area contributed by atoms with Gasteiger partial charge in [-0.1, -0.05) is 13.8 Å². The fourth-order valence-corrected chi connectivity index (χ4v) is 0.836. The van der Waals surface area contributed by atoms with Crippen LogP contribution >= 0.6 is 0 Å². The van der Waals surface area contributed by atoms with E-state index in [1.54, 1.807) is 0 Å². The number of halogens is 1. The molecule has 0 aromatic rings. The maximum Gasteiger partial charge on any atom is 0.102 e. The molecule has 0 saturated heterocycles. The summed E-state index contributed by atoms with van der Waals surface area (Å²) in [6, 6.07) is 0.515. The third kappa shape index (κ3) is 4.40. The Morgan fingerprint density at radius 3 is 2.22 bits per heavy atom. The molecule has 0 saturated carbocycles. The van der Waals surface area contributed by atoms with Crippen molar-refractivity contribution in [1.29, 1.82) is 0 Å². The van der Waals surface area contributed by atoms with Crippen LogP contribution in [0.5, 0.6) is 0 Å². The average molecular weight is 133 g/mol. The van der Waals surface area contributed by atoms with Crippen molar-refractivity contribution in [3.05, 3.63) is 0 Å². The fourth-order valence-electron chi connectivity index (χ4n) is 0.836. The molecule has 0 radical (unpaired) electrons. The molecule has 0 aliphatic carbocycles. The quantitative estimate of drug-likeness (QED) is 0.602. The molecular weight excluding hydrogens is 117 g/mol. The van der Waals surface area contributed by atoms with E-state index in [1.165, 1.54) is 0 Å². The first-order valence-electron chi connectivity index (χ1n) is 3.64. The lowest BCUT2D eigenvalue weighted by Crippen LogP contribution is -2.29. The maximum atomic E-state index is 11.6. The lowest BCUT2D eigenvalue weighted by Gasteiger charge is -2.12. The molecule has 9 heavy (non-hydrogen) atoms. The molecule has 2 heteroatoms. The van der Waals surface area contributed by atoms with Crippen molar-refractivity contribution < 1.29 is 4.39 Å². The highest BCUT2D eigenvalue weighted by atomic mass is 19.1. The van der Waals surface area contributed by atoms with Crippen molar-refractivity contribution in [3.63, 3.8) is 0 Å². The molecule has 0 bridgehead atoms. The summed E-state index contributed by atoms with van der Waals surface area (Å²) in [5.74, 6) is 0. The molecule has 0 aromatic heterocycles. The van der Waals surface area contributed by atoms with Gasteiger partial charge in [-0.2, -0.15) is 0 Å². The molecular formula is C7H16FN. The summed E-state index contributed by atoms with van der Waals surface area (Å²) in [5, 5.41) is 3.09. The molecule has 0 amide bonds. The Kier molecular flexibility index (Phi) is 5.94. The smallest absolute Gasteiger partial charge is 0.102 e. The summed E-state index contributed by atoms with van der Waals surface area (Å²) < 4.78 is 11.6. The monoisotopic (exact) mass is 133 g/mol. The molecule has 0 spiro atoms. The van der Waals surface area contributed by atoms with Gasteiger partial charge in [-0.15, -0.1) is 0 Å². The summed E-state index contributed by atoms with van der Waals surface area (Å²) in [5.41, 5.74) is 0. The van der Waals surface area contributed by atoms with Crippen LogP contribution < -0.4 is 5.32 Å². The van der Waals surface area contributed by atoms with E-state index in [9.17, 15) is 4.39 Å². The minimum absolute atomic E-state index is 0.253. The molecule has 56 valence electrons. The van der Waals surface area contributed by atoms with Gasteiger partial charge in [0.15, 0.2) is 0 Å². The van der Waals surface area contributed by atoms with Crippen molar-refractivity contribution in [1.82, 2.24) is 5.32 Å². The lowest BCUT2D eigenvalue weighted by molar-refractivity contribution is 0.417. The first-order chi connectivity index (χ1) is 4.35. The number of alkyl halides is 1. The summed E-state index contributed by atoms with van der Waals surface area (Å²) >= 11 is 0. The standard InChI is InChI=1S/C7H16FN/c1-3-7(4-2)9-6-5-8/h7,9H,3-6H2,1-2H3. The Hall–Kier alpha value is -0.110. The largest absolute Gasteiger partial charge is 0.311 e. The molecule has 0 fully saturated rings. The van der Waals surface area contributed by atoms with Crippen LogP contribution in [-0.4, -0.2) is 19.3 Å². The number of rotatable bonds is 5. The van der Waals surface area contributed by atoms with E-state index in [4.69, 9.17) is 0 Å². The third-order valence-electron chi connectivity index (χ3n) is 1.51. The Balaban J connectivity index is 3.09. The fraction of sp³-hybridized carbons (Fsp3) is 1.00. The van der Waals surface area contributed by atoms with Gasteiger partial charge >= 0.3 is 0 Å². The van der Waals surface area contributed by atoms with Gasteiger partial charge < -0.3 is 5.32 Å². The van der Waals surface area contributed by atoms with Gasteiger partial charge in [0, 0.05) is 12.6 Å². The molecule has 0 atom stereocenters. The molecule has 1 nitrogen and oxygen atoms in total. The summed E-state index contributed by atoms with van der Waals surface area (Å²) in [4.78, 5) is 0. The van der Waals surface area contributed by atoms with Crippen molar-refractivity contribution in [2.24, 2.45) is 0 Å². The van der Waals surface area contributed by atoms with Gasteiger partial charge in [0.2, 0.25) is 0 Å². The zero-order valence-corrected chi connectivity index (χ0v) is 6.28. The van der Waals surface area contributed by atoms with E-state index in [0.717, 1.165) is 12.8 Å². The molecule has 0 unspecified atom stereocenters. The van der Waals surface area contributed by atoms with Crippen LogP contribution in [0.1, 0.15) is 26.7 Å². The number of nitrogens with one attached hydrogen (secondary N) is 1. The SMILES string of the molecule is CCC(CC)NCCF. The van der Waals surface area contributed by atoms with Crippen LogP contribution in [-0.2, 0) is 0 Å². The Labute approximate surface area is 56.6 Å². The van der Waals surface area contributed by atoms with E-state index in [1.807, 2.05) is 0 Å². The Bertz CT molecular complexity index is 52.9. The highest BCUT2D eigenvalue weighted by Crippen LogP contribution is 1.94. The Morgan fingerprint density at radius 2 is 1.89 bits per heavy atom. The first kappa shape index (κ1) is 8.89. The van der Waals surface area contributed by atoms with Crippen LogP contribution in [0.3, 0.4) is 0 Å². The van der Waals surface area contributed by atoms with Gasteiger partial charge in [-0.25, -0.2) is 4.39 Å². The second-order valence-electron chi connectivity index (χ2n) is 2.16. The van der Waals surface area contributed by atoms with E-state index < -0.39 is 0 Å². The van der Waals surface area contributed by atoms with Crippen molar-refractivity contribution in [2.45, 2.75) is 32.7 Å². The minimum Gasteiger partial charge on any atom is -0.311 e. The van der Waals surface area contributed by atoms with Gasteiger partial charge in [0.1, 0.15) is 6.67 Å². The van der Waals surface area contributed by atoms with Crippen LogP contribution in [0.2, 0.25) is 0 Å². The number of hydrogen-bond acceptors (Lipinski definition) is 1. The van der Waals surface area contributed by atoms with E-state index >= 15 is 0 Å². The van der Waals surface area contributed by atoms with E-state index in [2.05, 4.69) is 19.2 Å². The summed E-state index contributed by atoms with van der Waals surface area (Å²) in [6.45, 7) is 4.47. The second-order valence-corrected chi connectivity index (χ2v) is 2.16. The van der Waals surface area contributed by atoms with Gasteiger partial charge in [-0.05, 0) is 12.8 Å². The van der Waals surface area contributed by atoms with Crippen LogP contribution in [0.25, 0.3) is 0 Å². The van der Waals surface area contributed by atoms with E-state index in [-0.39, 0.29) is 6.67 Å². The normalized spacial score (nSPS) is 10.7. The number of hydrogen-bond donors (Lipinski definition) is 1. The highest BCUT2D eigenvalue weighted by Gasteiger charge is 1.98. The van der Waals surface area contributed by atoms with Gasteiger partial charge in [0.25, 0.3) is 0 Å². The topological polar surface area (TPSA) is 12.0 Å². The second kappa shape index (κ2) is 6.02.